The summed E-state index contributed by atoms with van der Waals surface area (Å²) in [6.07, 6.45) is 3.13. The molecule has 3 heteroatoms. The molecule has 1 aromatic rings. The zero-order chi connectivity index (χ0) is 12.7. The van der Waals surface area contributed by atoms with Crippen molar-refractivity contribution in [3.63, 3.8) is 0 Å². The smallest absolute Gasteiger partial charge is 0.142 e. The van der Waals surface area contributed by atoms with Gasteiger partial charge in [-0.05, 0) is 43.5 Å². The van der Waals surface area contributed by atoms with E-state index < -0.39 is 0 Å². The summed E-state index contributed by atoms with van der Waals surface area (Å²) in [6.45, 7) is 6.21. The molecule has 0 amide bonds. The molecule has 0 saturated heterocycles. The SMILES string of the molecule is CCCC(CNCC)Cc1cccc(F)c1Cl. The first-order valence-corrected chi connectivity index (χ1v) is 6.70. The van der Waals surface area contributed by atoms with Crippen LogP contribution in [0.5, 0.6) is 0 Å². The molecule has 1 rings (SSSR count). The van der Waals surface area contributed by atoms with Gasteiger partial charge in [-0.3, -0.25) is 0 Å². The Bertz CT molecular complexity index is 341. The van der Waals surface area contributed by atoms with Crippen LogP contribution in [0.3, 0.4) is 0 Å². The van der Waals surface area contributed by atoms with Crippen LogP contribution >= 0.6 is 11.6 Å². The number of benzene rings is 1. The topological polar surface area (TPSA) is 12.0 Å². The van der Waals surface area contributed by atoms with Crippen molar-refractivity contribution in [3.8, 4) is 0 Å². The number of hydrogen-bond acceptors (Lipinski definition) is 1. The van der Waals surface area contributed by atoms with E-state index >= 15 is 0 Å². The molecule has 1 aromatic carbocycles. The van der Waals surface area contributed by atoms with Crippen LogP contribution in [0.2, 0.25) is 5.02 Å². The summed E-state index contributed by atoms with van der Waals surface area (Å²) in [6, 6.07) is 5.05. The molecule has 1 nitrogen and oxygen atoms in total. The van der Waals surface area contributed by atoms with Gasteiger partial charge in [0.05, 0.1) is 5.02 Å². The van der Waals surface area contributed by atoms with Crippen molar-refractivity contribution in [1.29, 1.82) is 0 Å². The molecule has 0 spiro atoms. The van der Waals surface area contributed by atoms with Gasteiger partial charge in [-0.1, -0.05) is 44.0 Å². The second kappa shape index (κ2) is 7.67. The lowest BCUT2D eigenvalue weighted by Crippen LogP contribution is -2.24. The van der Waals surface area contributed by atoms with Gasteiger partial charge in [-0.2, -0.15) is 0 Å². The Hall–Kier alpha value is -0.600. The van der Waals surface area contributed by atoms with Gasteiger partial charge in [-0.15, -0.1) is 0 Å². The molecule has 0 aromatic heterocycles. The fourth-order valence-electron chi connectivity index (χ4n) is 2.05. The molecule has 1 unspecified atom stereocenters. The average molecular weight is 258 g/mol. The van der Waals surface area contributed by atoms with Crippen LogP contribution in [0.15, 0.2) is 18.2 Å². The van der Waals surface area contributed by atoms with Gasteiger partial charge in [0, 0.05) is 0 Å². The van der Waals surface area contributed by atoms with Crippen molar-refractivity contribution in [2.24, 2.45) is 5.92 Å². The molecule has 96 valence electrons. The van der Waals surface area contributed by atoms with E-state index in [-0.39, 0.29) is 10.8 Å². The molecule has 1 atom stereocenters. The van der Waals surface area contributed by atoms with Crippen LogP contribution < -0.4 is 5.32 Å². The molecule has 0 bridgehead atoms. The molecule has 0 saturated carbocycles. The largest absolute Gasteiger partial charge is 0.317 e. The van der Waals surface area contributed by atoms with Crippen LogP contribution in [-0.4, -0.2) is 13.1 Å². The molecule has 0 radical (unpaired) electrons. The number of hydrogen-bond donors (Lipinski definition) is 1. The van der Waals surface area contributed by atoms with Crippen molar-refractivity contribution >= 4 is 11.6 Å². The highest BCUT2D eigenvalue weighted by Gasteiger charge is 2.12. The normalized spacial score (nSPS) is 12.7. The van der Waals surface area contributed by atoms with Crippen LogP contribution in [0.25, 0.3) is 0 Å². The third-order valence-corrected chi connectivity index (χ3v) is 3.34. The minimum absolute atomic E-state index is 0.283. The molecule has 0 fully saturated rings. The molecule has 0 heterocycles. The fourth-order valence-corrected chi connectivity index (χ4v) is 2.25. The van der Waals surface area contributed by atoms with E-state index in [4.69, 9.17) is 11.6 Å². The number of halogens is 2. The van der Waals surface area contributed by atoms with Gasteiger partial charge in [0.2, 0.25) is 0 Å². The Morgan fingerprint density at radius 2 is 2.12 bits per heavy atom. The zero-order valence-electron chi connectivity index (χ0n) is 10.6. The zero-order valence-corrected chi connectivity index (χ0v) is 11.4. The van der Waals surface area contributed by atoms with Crippen LogP contribution in [-0.2, 0) is 6.42 Å². The summed E-state index contributed by atoms with van der Waals surface area (Å²) >= 11 is 5.98. The summed E-state index contributed by atoms with van der Waals surface area (Å²) < 4.78 is 13.3. The highest BCUT2D eigenvalue weighted by molar-refractivity contribution is 6.31. The molecule has 1 N–H and O–H groups in total. The molecular weight excluding hydrogens is 237 g/mol. The second-order valence-electron chi connectivity index (χ2n) is 4.38. The molecule has 0 aliphatic rings. The highest BCUT2D eigenvalue weighted by atomic mass is 35.5. The molecule has 0 aliphatic carbocycles. The van der Waals surface area contributed by atoms with Crippen molar-refractivity contribution in [2.75, 3.05) is 13.1 Å². The maximum absolute atomic E-state index is 13.3. The second-order valence-corrected chi connectivity index (χ2v) is 4.76. The van der Waals surface area contributed by atoms with E-state index in [1.54, 1.807) is 6.07 Å². The average Bonchev–Trinajstić information content (AvgIpc) is 2.32. The predicted molar refractivity (Wildman–Crippen MR) is 72.1 cm³/mol. The maximum Gasteiger partial charge on any atom is 0.142 e. The number of nitrogens with one attached hydrogen (secondary N) is 1. The summed E-state index contributed by atoms with van der Waals surface area (Å²) in [4.78, 5) is 0. The van der Waals surface area contributed by atoms with Crippen molar-refractivity contribution in [1.82, 2.24) is 5.32 Å². The van der Waals surface area contributed by atoms with Crippen LogP contribution in [0, 0.1) is 11.7 Å². The lowest BCUT2D eigenvalue weighted by molar-refractivity contribution is 0.443. The first kappa shape index (κ1) is 14.5. The molecular formula is C14H21ClFN. The van der Waals surface area contributed by atoms with Crippen molar-refractivity contribution in [3.05, 3.63) is 34.6 Å². The first-order chi connectivity index (χ1) is 8.19. The van der Waals surface area contributed by atoms with Gasteiger partial charge in [0.1, 0.15) is 5.82 Å². The van der Waals surface area contributed by atoms with E-state index in [9.17, 15) is 4.39 Å². The van der Waals surface area contributed by atoms with E-state index in [1.807, 2.05) is 6.07 Å². The molecule has 17 heavy (non-hydrogen) atoms. The van der Waals surface area contributed by atoms with Gasteiger partial charge < -0.3 is 5.32 Å². The van der Waals surface area contributed by atoms with Gasteiger partial charge in [0.25, 0.3) is 0 Å². The quantitative estimate of drug-likeness (QED) is 0.777. The minimum atomic E-state index is -0.317. The lowest BCUT2D eigenvalue weighted by Gasteiger charge is -2.17. The first-order valence-electron chi connectivity index (χ1n) is 6.32. The van der Waals surface area contributed by atoms with Crippen molar-refractivity contribution < 1.29 is 4.39 Å². The Morgan fingerprint density at radius 3 is 2.76 bits per heavy atom. The van der Waals surface area contributed by atoms with Crippen molar-refractivity contribution in [2.45, 2.75) is 33.1 Å². The van der Waals surface area contributed by atoms with Gasteiger partial charge >= 0.3 is 0 Å². The summed E-state index contributed by atoms with van der Waals surface area (Å²) in [5.41, 5.74) is 0.919. The highest BCUT2D eigenvalue weighted by Crippen LogP contribution is 2.23. The van der Waals surface area contributed by atoms with E-state index in [0.29, 0.717) is 5.92 Å². The Balaban J connectivity index is 2.67. The standard InChI is InChI=1S/C14H21ClFN/c1-3-6-11(10-17-4-2)9-12-7-5-8-13(16)14(12)15/h5,7-8,11,17H,3-4,6,9-10H2,1-2H3. The minimum Gasteiger partial charge on any atom is -0.317 e. The summed E-state index contributed by atoms with van der Waals surface area (Å²) in [7, 11) is 0. The lowest BCUT2D eigenvalue weighted by atomic mass is 9.95. The van der Waals surface area contributed by atoms with Crippen LogP contribution in [0.4, 0.5) is 4.39 Å². The van der Waals surface area contributed by atoms with E-state index in [0.717, 1.165) is 37.9 Å². The Kier molecular flexibility index (Phi) is 6.53. The maximum atomic E-state index is 13.3. The van der Waals surface area contributed by atoms with E-state index in [2.05, 4.69) is 19.2 Å². The predicted octanol–water partition coefficient (Wildman–Crippen LogP) is 4.05. The van der Waals surface area contributed by atoms with Crippen LogP contribution in [0.1, 0.15) is 32.3 Å². The third kappa shape index (κ3) is 4.64. The van der Waals surface area contributed by atoms with Gasteiger partial charge in [-0.25, -0.2) is 4.39 Å². The Morgan fingerprint density at radius 1 is 1.35 bits per heavy atom. The third-order valence-electron chi connectivity index (χ3n) is 2.92. The number of rotatable bonds is 7. The van der Waals surface area contributed by atoms with Gasteiger partial charge in [0.15, 0.2) is 0 Å². The fraction of sp³-hybridized carbons (Fsp3) is 0.571. The molecule has 0 aliphatic heterocycles. The Labute approximate surface area is 108 Å². The summed E-state index contributed by atoms with van der Waals surface area (Å²) in [5, 5.41) is 3.63. The monoisotopic (exact) mass is 257 g/mol. The van der Waals surface area contributed by atoms with E-state index in [1.165, 1.54) is 6.07 Å². The summed E-state index contributed by atoms with van der Waals surface area (Å²) in [5.74, 6) is 0.210.